The van der Waals surface area contributed by atoms with Crippen molar-refractivity contribution in [3.05, 3.63) is 219 Å². The molecule has 15 rings (SSSR count). The highest BCUT2D eigenvalue weighted by Crippen LogP contribution is 2.44. The van der Waals surface area contributed by atoms with E-state index in [2.05, 4.69) is 225 Å². The molecule has 9 aromatic carbocycles. The fourth-order valence-corrected chi connectivity index (χ4v) is 11.0. The molecule has 0 amide bonds. The topological polar surface area (TPSA) is 71.3 Å². The lowest BCUT2D eigenvalue weighted by atomic mass is 10.1. The number of nitrogens with zero attached hydrogens (tertiary/aromatic N) is 8. The van der Waals surface area contributed by atoms with Crippen LogP contribution in [0.15, 0.2) is 219 Å². The minimum Gasteiger partial charge on any atom is -0.309 e. The van der Waals surface area contributed by atoms with Crippen LogP contribution in [0.4, 0.5) is 0 Å². The fourth-order valence-electron chi connectivity index (χ4n) is 11.0. The van der Waals surface area contributed by atoms with Crippen LogP contribution in [0.5, 0.6) is 0 Å². The third-order valence-corrected chi connectivity index (χ3v) is 13.8. The zero-order valence-corrected chi connectivity index (χ0v) is 36.4. The highest BCUT2D eigenvalue weighted by Gasteiger charge is 2.26. The molecule has 0 radical (unpaired) electrons. The second-order valence-corrected chi connectivity index (χ2v) is 17.4. The molecule has 0 aliphatic carbocycles. The van der Waals surface area contributed by atoms with E-state index in [1.165, 1.54) is 5.39 Å². The zero-order chi connectivity index (χ0) is 44.5. The molecule has 8 heteroatoms. The number of hydrogen-bond donors (Lipinski definition) is 0. The van der Waals surface area contributed by atoms with Gasteiger partial charge in [-0.15, -0.1) is 0 Å². The summed E-state index contributed by atoms with van der Waals surface area (Å²) >= 11 is 0. The number of fused-ring (bicyclic) bond motifs is 15. The van der Waals surface area contributed by atoms with Crippen LogP contribution in [0.3, 0.4) is 0 Å². The van der Waals surface area contributed by atoms with E-state index in [1.807, 2.05) is 12.3 Å². The van der Waals surface area contributed by atoms with Gasteiger partial charge in [-0.05, 0) is 54.6 Å². The van der Waals surface area contributed by atoms with E-state index < -0.39 is 0 Å². The van der Waals surface area contributed by atoms with Crippen molar-refractivity contribution in [2.24, 2.45) is 0 Å². The molecule has 15 aromatic rings. The molecule has 0 unspecified atom stereocenters. The Morgan fingerprint density at radius 3 is 1.40 bits per heavy atom. The maximum Gasteiger partial charge on any atom is 0.200 e. The van der Waals surface area contributed by atoms with E-state index in [1.54, 1.807) is 0 Å². The predicted molar refractivity (Wildman–Crippen MR) is 278 cm³/mol. The van der Waals surface area contributed by atoms with Gasteiger partial charge >= 0.3 is 0 Å². The minimum atomic E-state index is 0.456. The summed E-state index contributed by atoms with van der Waals surface area (Å²) in [5, 5.41) is 9.19. The zero-order valence-electron chi connectivity index (χ0n) is 36.4. The Labute approximate surface area is 387 Å². The highest BCUT2D eigenvalue weighted by molar-refractivity contribution is 6.27. The van der Waals surface area contributed by atoms with Crippen molar-refractivity contribution in [3.8, 4) is 34.3 Å². The number of rotatable bonds is 5. The summed E-state index contributed by atoms with van der Waals surface area (Å²) in [6.45, 7) is 0. The van der Waals surface area contributed by atoms with Crippen molar-refractivity contribution in [1.29, 1.82) is 0 Å². The Hall–Kier alpha value is -9.40. The second kappa shape index (κ2) is 14.1. The standard InChI is InChI=1S/C60H36N8/c1-4-18-37(19-5-1)54-60(68-49-30-16-12-24-40(49)43-34-35-51-53(55(43)68)46-27-13-17-31-50(46)65(51)38-20-6-2-7-21-38)64-58-59(63-54)62-52(36-61-58)67-48-29-15-11-26-42(48)45-33-32-44-41-25-10-14-28-47(41)66(56(44)57(45)67)39-22-8-3-9-23-39/h1-36H. The van der Waals surface area contributed by atoms with Crippen molar-refractivity contribution in [2.45, 2.75) is 0 Å². The third-order valence-electron chi connectivity index (χ3n) is 13.8. The second-order valence-electron chi connectivity index (χ2n) is 17.4. The van der Waals surface area contributed by atoms with Gasteiger partial charge < -0.3 is 9.13 Å². The smallest absolute Gasteiger partial charge is 0.200 e. The van der Waals surface area contributed by atoms with E-state index in [-0.39, 0.29) is 0 Å². The summed E-state index contributed by atoms with van der Waals surface area (Å²) in [6, 6.07) is 75.2. The molecule has 0 atom stereocenters. The van der Waals surface area contributed by atoms with Crippen molar-refractivity contribution >= 4 is 98.5 Å². The molecule has 0 saturated heterocycles. The first-order valence-corrected chi connectivity index (χ1v) is 22.9. The molecule has 0 spiro atoms. The van der Waals surface area contributed by atoms with Crippen molar-refractivity contribution in [3.63, 3.8) is 0 Å². The number of para-hydroxylation sites is 6. The predicted octanol–water partition coefficient (Wildman–Crippen LogP) is 14.5. The molecular formula is C60H36N8. The van der Waals surface area contributed by atoms with Crippen LogP contribution in [0, 0.1) is 0 Å². The summed E-state index contributed by atoms with van der Waals surface area (Å²) in [5.41, 5.74) is 13.4. The number of benzene rings is 9. The van der Waals surface area contributed by atoms with Gasteiger partial charge in [0.05, 0.1) is 50.3 Å². The van der Waals surface area contributed by atoms with E-state index >= 15 is 0 Å². The summed E-state index contributed by atoms with van der Waals surface area (Å²) < 4.78 is 9.33. The van der Waals surface area contributed by atoms with Crippen LogP contribution in [-0.2, 0) is 0 Å². The lowest BCUT2D eigenvalue weighted by Gasteiger charge is -2.15. The largest absolute Gasteiger partial charge is 0.309 e. The van der Waals surface area contributed by atoms with Crippen LogP contribution >= 0.6 is 0 Å². The summed E-state index contributed by atoms with van der Waals surface area (Å²) in [4.78, 5) is 21.7. The minimum absolute atomic E-state index is 0.456. The summed E-state index contributed by atoms with van der Waals surface area (Å²) in [6.07, 6.45) is 1.86. The summed E-state index contributed by atoms with van der Waals surface area (Å²) in [7, 11) is 0. The van der Waals surface area contributed by atoms with Crippen molar-refractivity contribution in [1.82, 2.24) is 38.2 Å². The average Bonchev–Trinajstić information content (AvgIpc) is 4.14. The molecule has 0 aliphatic heterocycles. The molecular weight excluding hydrogens is 833 g/mol. The van der Waals surface area contributed by atoms with Crippen LogP contribution in [-0.4, -0.2) is 38.2 Å². The molecule has 0 saturated carbocycles. The van der Waals surface area contributed by atoms with Crippen LogP contribution in [0.2, 0.25) is 0 Å². The molecule has 0 N–H and O–H groups in total. The first-order chi connectivity index (χ1) is 33.8. The van der Waals surface area contributed by atoms with Gasteiger partial charge in [-0.1, -0.05) is 158 Å². The molecule has 6 aromatic heterocycles. The molecule has 316 valence electrons. The van der Waals surface area contributed by atoms with Crippen LogP contribution < -0.4 is 0 Å². The van der Waals surface area contributed by atoms with Gasteiger partial charge in [0.25, 0.3) is 0 Å². The summed E-state index contributed by atoms with van der Waals surface area (Å²) in [5.74, 6) is 1.35. The number of aromatic nitrogens is 8. The van der Waals surface area contributed by atoms with E-state index in [0.29, 0.717) is 28.6 Å². The highest BCUT2D eigenvalue weighted by atomic mass is 15.2. The van der Waals surface area contributed by atoms with Crippen molar-refractivity contribution in [2.75, 3.05) is 0 Å². The van der Waals surface area contributed by atoms with Gasteiger partial charge in [-0.25, -0.2) is 19.9 Å². The average molecular weight is 869 g/mol. The molecule has 0 bridgehead atoms. The van der Waals surface area contributed by atoms with Gasteiger partial charge in [0.15, 0.2) is 17.3 Å². The van der Waals surface area contributed by atoms with Crippen LogP contribution in [0.25, 0.3) is 133 Å². The molecule has 0 fully saturated rings. The molecule has 68 heavy (non-hydrogen) atoms. The van der Waals surface area contributed by atoms with E-state index in [9.17, 15) is 0 Å². The maximum atomic E-state index is 5.53. The Balaban J connectivity index is 1.04. The Kier molecular flexibility index (Phi) is 7.62. The lowest BCUT2D eigenvalue weighted by Crippen LogP contribution is -2.07. The van der Waals surface area contributed by atoms with Gasteiger partial charge in [0.2, 0.25) is 5.65 Å². The fraction of sp³-hybridized carbons (Fsp3) is 0. The normalized spacial score (nSPS) is 12.1. The van der Waals surface area contributed by atoms with Crippen molar-refractivity contribution < 1.29 is 0 Å². The number of hydrogen-bond acceptors (Lipinski definition) is 4. The van der Waals surface area contributed by atoms with Gasteiger partial charge in [-0.3, -0.25) is 9.13 Å². The first kappa shape index (κ1) is 36.9. The lowest BCUT2D eigenvalue weighted by molar-refractivity contribution is 1.02. The van der Waals surface area contributed by atoms with Gasteiger partial charge in [0, 0.05) is 60.0 Å². The van der Waals surface area contributed by atoms with E-state index in [0.717, 1.165) is 98.8 Å². The van der Waals surface area contributed by atoms with Gasteiger partial charge in [-0.2, -0.15) is 0 Å². The van der Waals surface area contributed by atoms with Crippen LogP contribution in [0.1, 0.15) is 0 Å². The molecule has 6 heterocycles. The quantitative estimate of drug-likeness (QED) is 0.173. The van der Waals surface area contributed by atoms with Gasteiger partial charge in [0.1, 0.15) is 5.69 Å². The Morgan fingerprint density at radius 1 is 0.294 bits per heavy atom. The third kappa shape index (κ3) is 5.08. The first-order valence-electron chi connectivity index (χ1n) is 22.9. The Bertz CT molecular complexity index is 4540. The van der Waals surface area contributed by atoms with E-state index in [4.69, 9.17) is 19.9 Å². The Morgan fingerprint density at radius 2 is 0.765 bits per heavy atom. The SMILES string of the molecule is c1ccc(-c2nc3nc(-n4c5ccccc5c5ccc6c7ccccc7n(-c7ccccc7)c6c54)cnc3nc2-n2c3ccccc3c3ccc4c(c5ccccc5n4-c4ccccc4)c32)cc1. The molecule has 0 aliphatic rings. The molecule has 8 nitrogen and oxygen atoms in total. The maximum absolute atomic E-state index is 5.53. The monoisotopic (exact) mass is 868 g/mol.